The van der Waals surface area contributed by atoms with Gasteiger partial charge < -0.3 is 5.32 Å². The van der Waals surface area contributed by atoms with E-state index in [1.165, 1.54) is 6.92 Å². The second-order valence-corrected chi connectivity index (χ2v) is 4.37. The van der Waals surface area contributed by atoms with Crippen LogP contribution in [0, 0.1) is 0 Å². The fourth-order valence-corrected chi connectivity index (χ4v) is 1.68. The molecule has 0 aromatic heterocycles. The summed E-state index contributed by atoms with van der Waals surface area (Å²) in [5.74, 6) is -0.381. The molecule has 2 aromatic carbocycles. The highest BCUT2D eigenvalue weighted by Crippen LogP contribution is 2.07. The van der Waals surface area contributed by atoms with Gasteiger partial charge >= 0.3 is 0 Å². The number of benzene rings is 2. The third-order valence-corrected chi connectivity index (χ3v) is 2.65. The number of carbonyl (C=O) groups excluding carboxylic acids is 2. The number of rotatable bonds is 4. The van der Waals surface area contributed by atoms with E-state index in [9.17, 15) is 9.59 Å². The first-order valence-electron chi connectivity index (χ1n) is 6.41. The molecule has 0 atom stereocenters. The molecule has 0 aliphatic carbocycles. The monoisotopic (exact) mass is 281 g/mol. The maximum atomic E-state index is 11.7. The summed E-state index contributed by atoms with van der Waals surface area (Å²) in [7, 11) is 0. The molecule has 2 amide bonds. The van der Waals surface area contributed by atoms with Crippen LogP contribution in [-0.2, 0) is 4.79 Å². The zero-order valence-electron chi connectivity index (χ0n) is 11.5. The molecule has 0 radical (unpaired) electrons. The summed E-state index contributed by atoms with van der Waals surface area (Å²) in [6, 6.07) is 16.0. The minimum Gasteiger partial charge on any atom is -0.326 e. The molecule has 2 aromatic rings. The van der Waals surface area contributed by atoms with Gasteiger partial charge in [-0.2, -0.15) is 5.10 Å². The molecule has 0 spiro atoms. The zero-order valence-corrected chi connectivity index (χ0v) is 11.5. The Morgan fingerprint density at radius 3 is 2.29 bits per heavy atom. The van der Waals surface area contributed by atoms with E-state index in [1.807, 2.05) is 6.07 Å². The molecular weight excluding hydrogens is 266 g/mol. The molecule has 2 rings (SSSR count). The molecule has 0 bridgehead atoms. The van der Waals surface area contributed by atoms with E-state index in [-0.39, 0.29) is 11.8 Å². The lowest BCUT2D eigenvalue weighted by Crippen LogP contribution is -2.17. The number of carbonyl (C=O) groups is 2. The van der Waals surface area contributed by atoms with Gasteiger partial charge in [0, 0.05) is 18.2 Å². The normalized spacial score (nSPS) is 10.3. The fourth-order valence-electron chi connectivity index (χ4n) is 1.68. The highest BCUT2D eigenvalue weighted by Gasteiger charge is 2.01. The summed E-state index contributed by atoms with van der Waals surface area (Å²) >= 11 is 0. The third kappa shape index (κ3) is 4.58. The largest absolute Gasteiger partial charge is 0.326 e. The standard InChI is InChI=1S/C16H15N3O2/c1-12(20)18-15-9-7-13(8-10-15)11-17-19-16(21)14-5-3-2-4-6-14/h2-11H,1H3,(H,18,20)(H,19,21)/b17-11+. The summed E-state index contributed by atoms with van der Waals surface area (Å²) in [4.78, 5) is 22.6. The van der Waals surface area contributed by atoms with E-state index < -0.39 is 0 Å². The number of nitrogens with one attached hydrogen (secondary N) is 2. The lowest BCUT2D eigenvalue weighted by Gasteiger charge is -2.02. The van der Waals surface area contributed by atoms with E-state index >= 15 is 0 Å². The second-order valence-electron chi connectivity index (χ2n) is 4.37. The molecule has 2 N–H and O–H groups in total. The quantitative estimate of drug-likeness (QED) is 0.667. The average molecular weight is 281 g/mol. The van der Waals surface area contributed by atoms with Gasteiger partial charge in [0.2, 0.25) is 5.91 Å². The molecular formula is C16H15N3O2. The molecule has 21 heavy (non-hydrogen) atoms. The molecule has 0 saturated carbocycles. The molecule has 0 saturated heterocycles. The van der Waals surface area contributed by atoms with Crippen molar-refractivity contribution >= 4 is 23.7 Å². The Balaban J connectivity index is 1.92. The minimum absolute atomic E-state index is 0.119. The summed E-state index contributed by atoms with van der Waals surface area (Å²) in [5.41, 5.74) is 4.54. The van der Waals surface area contributed by atoms with Crippen LogP contribution in [-0.4, -0.2) is 18.0 Å². The molecule has 0 aliphatic rings. The Kier molecular flexibility index (Phi) is 4.82. The smallest absolute Gasteiger partial charge is 0.271 e. The van der Waals surface area contributed by atoms with Crippen molar-refractivity contribution in [1.29, 1.82) is 0 Å². The topological polar surface area (TPSA) is 70.6 Å². The third-order valence-electron chi connectivity index (χ3n) is 2.65. The first-order chi connectivity index (χ1) is 10.1. The predicted octanol–water partition coefficient (Wildman–Crippen LogP) is 2.41. The van der Waals surface area contributed by atoms with Crippen molar-refractivity contribution < 1.29 is 9.59 Å². The number of hydrogen-bond acceptors (Lipinski definition) is 3. The summed E-state index contributed by atoms with van der Waals surface area (Å²) in [6.45, 7) is 1.45. The Morgan fingerprint density at radius 1 is 1.00 bits per heavy atom. The van der Waals surface area contributed by atoms with Crippen LogP contribution in [0.15, 0.2) is 59.7 Å². The van der Waals surface area contributed by atoms with Crippen molar-refractivity contribution in [2.45, 2.75) is 6.92 Å². The van der Waals surface area contributed by atoms with Crippen LogP contribution < -0.4 is 10.7 Å². The molecule has 5 nitrogen and oxygen atoms in total. The number of hydrogen-bond donors (Lipinski definition) is 2. The average Bonchev–Trinajstić information content (AvgIpc) is 2.49. The Morgan fingerprint density at radius 2 is 1.67 bits per heavy atom. The number of hydrazone groups is 1. The van der Waals surface area contributed by atoms with Gasteiger partial charge in [0.15, 0.2) is 0 Å². The van der Waals surface area contributed by atoms with E-state index in [0.717, 1.165) is 5.56 Å². The van der Waals surface area contributed by atoms with Gasteiger partial charge in [0.1, 0.15) is 0 Å². The van der Waals surface area contributed by atoms with Gasteiger partial charge in [-0.3, -0.25) is 9.59 Å². The summed E-state index contributed by atoms with van der Waals surface area (Å²) in [5, 5.41) is 6.57. The Bertz CT molecular complexity index is 649. The zero-order chi connectivity index (χ0) is 15.1. The SMILES string of the molecule is CC(=O)Nc1ccc(/C=N/NC(=O)c2ccccc2)cc1. The predicted molar refractivity (Wildman–Crippen MR) is 82.2 cm³/mol. The maximum absolute atomic E-state index is 11.7. The van der Waals surface area contributed by atoms with Gasteiger partial charge in [0.25, 0.3) is 5.91 Å². The van der Waals surface area contributed by atoms with Crippen LogP contribution in [0.4, 0.5) is 5.69 Å². The van der Waals surface area contributed by atoms with Crippen molar-refractivity contribution in [2.24, 2.45) is 5.10 Å². The van der Waals surface area contributed by atoms with Crippen LogP contribution in [0.1, 0.15) is 22.8 Å². The molecule has 0 heterocycles. The fraction of sp³-hybridized carbons (Fsp3) is 0.0625. The second kappa shape index (κ2) is 7.00. The number of amides is 2. The summed E-state index contributed by atoms with van der Waals surface area (Å²) in [6.07, 6.45) is 1.54. The lowest BCUT2D eigenvalue weighted by atomic mass is 10.2. The maximum Gasteiger partial charge on any atom is 0.271 e. The Labute approximate surface area is 122 Å². The number of anilines is 1. The lowest BCUT2D eigenvalue weighted by molar-refractivity contribution is -0.114. The van der Waals surface area contributed by atoms with Gasteiger partial charge in [0.05, 0.1) is 6.21 Å². The first-order valence-corrected chi connectivity index (χ1v) is 6.41. The minimum atomic E-state index is -0.262. The van der Waals surface area contributed by atoms with Crippen LogP contribution in [0.25, 0.3) is 0 Å². The van der Waals surface area contributed by atoms with Gasteiger partial charge in [-0.1, -0.05) is 30.3 Å². The van der Waals surface area contributed by atoms with Crippen molar-refractivity contribution in [3.63, 3.8) is 0 Å². The van der Waals surface area contributed by atoms with Gasteiger partial charge in [-0.05, 0) is 29.8 Å². The van der Waals surface area contributed by atoms with Crippen LogP contribution >= 0.6 is 0 Å². The van der Waals surface area contributed by atoms with E-state index in [1.54, 1.807) is 54.7 Å². The van der Waals surface area contributed by atoms with Crippen LogP contribution in [0.5, 0.6) is 0 Å². The van der Waals surface area contributed by atoms with Gasteiger partial charge in [-0.15, -0.1) is 0 Å². The van der Waals surface area contributed by atoms with Crippen molar-refractivity contribution in [2.75, 3.05) is 5.32 Å². The van der Waals surface area contributed by atoms with Crippen molar-refractivity contribution in [1.82, 2.24) is 5.43 Å². The molecule has 0 unspecified atom stereocenters. The van der Waals surface area contributed by atoms with Crippen LogP contribution in [0.2, 0.25) is 0 Å². The number of nitrogens with zero attached hydrogens (tertiary/aromatic N) is 1. The van der Waals surface area contributed by atoms with E-state index in [0.29, 0.717) is 11.3 Å². The highest BCUT2D eigenvalue weighted by molar-refractivity contribution is 5.95. The van der Waals surface area contributed by atoms with Crippen LogP contribution in [0.3, 0.4) is 0 Å². The van der Waals surface area contributed by atoms with E-state index in [4.69, 9.17) is 0 Å². The molecule has 5 heteroatoms. The van der Waals surface area contributed by atoms with Crippen molar-refractivity contribution in [3.05, 3.63) is 65.7 Å². The molecule has 106 valence electrons. The van der Waals surface area contributed by atoms with Crippen molar-refractivity contribution in [3.8, 4) is 0 Å². The van der Waals surface area contributed by atoms with Gasteiger partial charge in [-0.25, -0.2) is 5.43 Å². The first kappa shape index (κ1) is 14.5. The highest BCUT2D eigenvalue weighted by atomic mass is 16.2. The summed E-state index contributed by atoms with van der Waals surface area (Å²) < 4.78 is 0. The van der Waals surface area contributed by atoms with E-state index in [2.05, 4.69) is 15.8 Å². The Hall–Kier alpha value is -2.95. The molecule has 0 aliphatic heterocycles. The molecule has 0 fully saturated rings.